The zero-order chi connectivity index (χ0) is 7.40. The first kappa shape index (κ1) is 10.1. The van der Waals surface area contributed by atoms with E-state index < -0.39 is 5.97 Å². The van der Waals surface area contributed by atoms with Crippen molar-refractivity contribution in [2.75, 3.05) is 0 Å². The van der Waals surface area contributed by atoms with E-state index in [2.05, 4.69) is 4.98 Å². The summed E-state index contributed by atoms with van der Waals surface area (Å²) >= 11 is 0. The Bertz CT molecular complexity index is 225. The molecule has 0 radical (unpaired) electrons. The predicted molar refractivity (Wildman–Crippen MR) is 45.9 cm³/mol. The number of pyridine rings is 1. The lowest BCUT2D eigenvalue weighted by Gasteiger charge is -1.91. The van der Waals surface area contributed by atoms with Gasteiger partial charge in [-0.05, 0) is 12.1 Å². The van der Waals surface area contributed by atoms with Gasteiger partial charge >= 0.3 is 5.97 Å². The molecule has 1 N–H and O–H groups in total. The summed E-state index contributed by atoms with van der Waals surface area (Å²) in [6.45, 7) is 0. The van der Waals surface area contributed by atoms with Gasteiger partial charge < -0.3 is 5.11 Å². The van der Waals surface area contributed by atoms with Gasteiger partial charge in [-0.25, -0.2) is 0 Å². The third-order valence-electron chi connectivity index (χ3n) is 1.06. The molecule has 0 saturated heterocycles. The van der Waals surface area contributed by atoms with Crippen molar-refractivity contribution in [2.24, 2.45) is 0 Å². The summed E-state index contributed by atoms with van der Waals surface area (Å²) in [6.07, 6.45) is 1.58. The van der Waals surface area contributed by atoms with E-state index in [1.54, 1.807) is 24.4 Å². The molecule has 0 saturated carbocycles. The SMILES string of the molecule is Br.O=C(O)Cc1ccccn1. The average Bonchev–Trinajstić information content (AvgIpc) is 1.88. The molecule has 1 rings (SSSR count). The number of aliphatic carboxylic acids is 1. The zero-order valence-corrected chi connectivity index (χ0v) is 7.44. The van der Waals surface area contributed by atoms with Crippen molar-refractivity contribution in [1.29, 1.82) is 0 Å². The fourth-order valence-corrected chi connectivity index (χ4v) is 0.658. The van der Waals surface area contributed by atoms with E-state index in [1.807, 2.05) is 0 Å². The van der Waals surface area contributed by atoms with Gasteiger partial charge in [-0.1, -0.05) is 6.07 Å². The maximum Gasteiger partial charge on any atom is 0.309 e. The Labute approximate surface area is 74.8 Å². The Morgan fingerprint density at radius 2 is 2.27 bits per heavy atom. The number of nitrogens with zero attached hydrogens (tertiary/aromatic N) is 1. The lowest BCUT2D eigenvalue weighted by molar-refractivity contribution is -0.136. The van der Waals surface area contributed by atoms with Crippen LogP contribution in [0.3, 0.4) is 0 Å². The molecule has 0 aliphatic rings. The van der Waals surface area contributed by atoms with E-state index in [-0.39, 0.29) is 23.4 Å². The zero-order valence-electron chi connectivity index (χ0n) is 5.73. The number of hydrogen-bond acceptors (Lipinski definition) is 2. The molecule has 11 heavy (non-hydrogen) atoms. The van der Waals surface area contributed by atoms with Gasteiger partial charge in [0.2, 0.25) is 0 Å². The van der Waals surface area contributed by atoms with Gasteiger partial charge in [0.05, 0.1) is 12.1 Å². The summed E-state index contributed by atoms with van der Waals surface area (Å²) < 4.78 is 0. The third kappa shape index (κ3) is 3.72. The topological polar surface area (TPSA) is 50.2 Å². The predicted octanol–water partition coefficient (Wildman–Crippen LogP) is 1.29. The molecular weight excluding hydrogens is 210 g/mol. The monoisotopic (exact) mass is 217 g/mol. The largest absolute Gasteiger partial charge is 0.481 e. The normalized spacial score (nSPS) is 8.36. The van der Waals surface area contributed by atoms with Crippen molar-refractivity contribution in [3.63, 3.8) is 0 Å². The van der Waals surface area contributed by atoms with E-state index in [1.165, 1.54) is 0 Å². The molecule has 0 aliphatic heterocycles. The molecule has 0 bridgehead atoms. The van der Waals surface area contributed by atoms with Crippen LogP contribution in [0.2, 0.25) is 0 Å². The molecule has 0 amide bonds. The number of carboxylic acids is 1. The first-order valence-electron chi connectivity index (χ1n) is 2.91. The highest BCUT2D eigenvalue weighted by atomic mass is 79.9. The number of hydrogen-bond donors (Lipinski definition) is 1. The van der Waals surface area contributed by atoms with E-state index in [4.69, 9.17) is 5.11 Å². The second kappa shape index (κ2) is 4.85. The van der Waals surface area contributed by atoms with Gasteiger partial charge in [-0.2, -0.15) is 0 Å². The van der Waals surface area contributed by atoms with E-state index in [9.17, 15) is 4.79 Å². The summed E-state index contributed by atoms with van der Waals surface area (Å²) in [5.41, 5.74) is 0.593. The Balaban J connectivity index is 0.000001000. The lowest BCUT2D eigenvalue weighted by Crippen LogP contribution is -2.01. The maximum absolute atomic E-state index is 10.1. The molecule has 0 atom stereocenters. The Morgan fingerprint density at radius 3 is 2.73 bits per heavy atom. The van der Waals surface area contributed by atoms with Crippen molar-refractivity contribution < 1.29 is 9.90 Å². The lowest BCUT2D eigenvalue weighted by atomic mass is 10.3. The Kier molecular flexibility index (Phi) is 4.45. The number of carboxylic acid groups (broad SMARTS) is 1. The fraction of sp³-hybridized carbons (Fsp3) is 0.143. The highest BCUT2D eigenvalue weighted by Crippen LogP contribution is 1.93. The van der Waals surface area contributed by atoms with E-state index in [0.717, 1.165) is 0 Å². The molecule has 0 fully saturated rings. The molecule has 0 aliphatic carbocycles. The molecule has 0 aromatic carbocycles. The summed E-state index contributed by atoms with van der Waals surface area (Å²) in [6, 6.07) is 5.21. The molecule has 1 aromatic heterocycles. The minimum Gasteiger partial charge on any atom is -0.481 e. The molecule has 3 nitrogen and oxygen atoms in total. The minimum absolute atomic E-state index is 0. The first-order valence-corrected chi connectivity index (χ1v) is 2.91. The van der Waals surface area contributed by atoms with Crippen molar-refractivity contribution in [3.8, 4) is 0 Å². The van der Waals surface area contributed by atoms with Crippen molar-refractivity contribution in [2.45, 2.75) is 6.42 Å². The molecular formula is C7H8BrNO2. The maximum atomic E-state index is 10.1. The van der Waals surface area contributed by atoms with E-state index in [0.29, 0.717) is 5.69 Å². The Hall–Kier alpha value is -0.900. The van der Waals surface area contributed by atoms with Crippen LogP contribution in [-0.4, -0.2) is 16.1 Å². The van der Waals surface area contributed by atoms with Gasteiger partial charge in [0.15, 0.2) is 0 Å². The van der Waals surface area contributed by atoms with Crippen molar-refractivity contribution >= 4 is 23.0 Å². The fourth-order valence-electron chi connectivity index (χ4n) is 0.658. The smallest absolute Gasteiger partial charge is 0.309 e. The summed E-state index contributed by atoms with van der Waals surface area (Å²) in [5, 5.41) is 8.33. The quantitative estimate of drug-likeness (QED) is 0.813. The highest BCUT2D eigenvalue weighted by molar-refractivity contribution is 8.93. The van der Waals surface area contributed by atoms with Gasteiger partial charge in [-0.3, -0.25) is 9.78 Å². The van der Waals surface area contributed by atoms with Gasteiger partial charge in [0, 0.05) is 6.20 Å². The number of halogens is 1. The number of aromatic nitrogens is 1. The van der Waals surface area contributed by atoms with Crippen LogP contribution in [0.4, 0.5) is 0 Å². The van der Waals surface area contributed by atoms with Gasteiger partial charge in [0.1, 0.15) is 0 Å². The highest BCUT2D eigenvalue weighted by Gasteiger charge is 1.98. The number of rotatable bonds is 2. The molecule has 60 valence electrons. The van der Waals surface area contributed by atoms with Gasteiger partial charge in [0.25, 0.3) is 0 Å². The molecule has 0 spiro atoms. The van der Waals surface area contributed by atoms with Crippen molar-refractivity contribution in [3.05, 3.63) is 30.1 Å². The van der Waals surface area contributed by atoms with Crippen LogP contribution < -0.4 is 0 Å². The summed E-state index contributed by atoms with van der Waals surface area (Å²) in [7, 11) is 0. The van der Waals surface area contributed by atoms with Crippen LogP contribution >= 0.6 is 17.0 Å². The second-order valence-electron chi connectivity index (χ2n) is 1.89. The van der Waals surface area contributed by atoms with E-state index >= 15 is 0 Å². The second-order valence-corrected chi connectivity index (χ2v) is 1.89. The Morgan fingerprint density at radius 1 is 1.55 bits per heavy atom. The van der Waals surface area contributed by atoms with Crippen LogP contribution in [0.25, 0.3) is 0 Å². The van der Waals surface area contributed by atoms with Crippen LogP contribution in [0, 0.1) is 0 Å². The van der Waals surface area contributed by atoms with Crippen molar-refractivity contribution in [1.82, 2.24) is 4.98 Å². The van der Waals surface area contributed by atoms with Crippen LogP contribution in [-0.2, 0) is 11.2 Å². The molecule has 1 aromatic rings. The molecule has 1 heterocycles. The standard InChI is InChI=1S/C7H7NO2.BrH/c9-7(10)5-6-3-1-2-4-8-6;/h1-4H,5H2,(H,9,10);1H. The molecule has 0 unspecified atom stereocenters. The summed E-state index contributed by atoms with van der Waals surface area (Å²) in [5.74, 6) is -0.848. The van der Waals surface area contributed by atoms with Crippen LogP contribution in [0.1, 0.15) is 5.69 Å². The van der Waals surface area contributed by atoms with Crippen LogP contribution in [0.5, 0.6) is 0 Å². The summed E-state index contributed by atoms with van der Waals surface area (Å²) in [4.78, 5) is 14.0. The number of carbonyl (C=O) groups is 1. The third-order valence-corrected chi connectivity index (χ3v) is 1.06. The first-order chi connectivity index (χ1) is 4.79. The van der Waals surface area contributed by atoms with Gasteiger partial charge in [-0.15, -0.1) is 17.0 Å². The molecule has 4 heteroatoms. The average molecular weight is 218 g/mol. The minimum atomic E-state index is -0.848. The van der Waals surface area contributed by atoms with Crippen LogP contribution in [0.15, 0.2) is 24.4 Å².